The van der Waals surface area contributed by atoms with Crippen molar-refractivity contribution in [3.05, 3.63) is 71.8 Å². The van der Waals surface area contributed by atoms with Crippen LogP contribution in [0.1, 0.15) is 31.9 Å². The van der Waals surface area contributed by atoms with Gasteiger partial charge in [0.2, 0.25) is 0 Å². The first-order valence-corrected chi connectivity index (χ1v) is 7.37. The summed E-state index contributed by atoms with van der Waals surface area (Å²) >= 11 is 0. The first kappa shape index (κ1) is 15.7. The van der Waals surface area contributed by atoms with Crippen LogP contribution in [0.3, 0.4) is 0 Å². The van der Waals surface area contributed by atoms with Crippen molar-refractivity contribution in [3.63, 3.8) is 0 Å². The lowest BCUT2D eigenvalue weighted by Gasteiger charge is -2.30. The summed E-state index contributed by atoms with van der Waals surface area (Å²) < 4.78 is 12.0. The molecule has 0 amide bonds. The van der Waals surface area contributed by atoms with Gasteiger partial charge in [0.05, 0.1) is 13.2 Å². The molecule has 0 aromatic heterocycles. The van der Waals surface area contributed by atoms with Crippen molar-refractivity contribution in [3.8, 4) is 0 Å². The highest BCUT2D eigenvalue weighted by atomic mass is 16.7. The van der Waals surface area contributed by atoms with E-state index >= 15 is 0 Å². The number of ether oxygens (including phenoxy) is 2. The van der Waals surface area contributed by atoms with Crippen LogP contribution < -0.4 is 0 Å². The molecule has 2 heteroatoms. The fraction of sp³-hybridized carbons (Fsp3) is 0.368. The van der Waals surface area contributed by atoms with E-state index in [1.165, 1.54) is 0 Å². The van der Waals surface area contributed by atoms with Crippen molar-refractivity contribution in [2.45, 2.75) is 40.3 Å². The molecule has 0 spiro atoms. The standard InChI is InChI=1S/C19H24O2/c1-19(2,3)18(20-14-16-10-6-4-7-11-16)21-15-17-12-8-5-9-13-17/h4-13,18H,14-15H2,1-3H3. The van der Waals surface area contributed by atoms with Gasteiger partial charge in [-0.1, -0.05) is 81.4 Å². The molecule has 21 heavy (non-hydrogen) atoms. The zero-order chi connectivity index (χ0) is 15.1. The molecule has 0 saturated heterocycles. The maximum Gasteiger partial charge on any atom is 0.163 e. The largest absolute Gasteiger partial charge is 0.347 e. The molecular formula is C19H24O2. The van der Waals surface area contributed by atoms with E-state index in [0.29, 0.717) is 13.2 Å². The number of benzene rings is 2. The van der Waals surface area contributed by atoms with Gasteiger partial charge in [0.15, 0.2) is 6.29 Å². The molecule has 0 heterocycles. The van der Waals surface area contributed by atoms with Crippen molar-refractivity contribution in [2.24, 2.45) is 5.41 Å². The van der Waals surface area contributed by atoms with E-state index in [4.69, 9.17) is 9.47 Å². The Morgan fingerprint density at radius 1 is 0.714 bits per heavy atom. The van der Waals surface area contributed by atoms with Crippen LogP contribution in [0.15, 0.2) is 60.7 Å². The molecule has 2 aromatic carbocycles. The third-order valence-corrected chi connectivity index (χ3v) is 3.20. The van der Waals surface area contributed by atoms with E-state index < -0.39 is 0 Å². The lowest BCUT2D eigenvalue weighted by molar-refractivity contribution is -0.206. The van der Waals surface area contributed by atoms with Gasteiger partial charge in [-0.25, -0.2) is 0 Å². The van der Waals surface area contributed by atoms with Gasteiger partial charge in [-0.3, -0.25) is 0 Å². The highest BCUT2D eigenvalue weighted by Gasteiger charge is 2.26. The Hall–Kier alpha value is -1.64. The molecule has 0 saturated carbocycles. The number of hydrogen-bond donors (Lipinski definition) is 0. The smallest absolute Gasteiger partial charge is 0.163 e. The summed E-state index contributed by atoms with van der Waals surface area (Å²) in [6.45, 7) is 7.53. The van der Waals surface area contributed by atoms with Crippen LogP contribution in [0.2, 0.25) is 0 Å². The van der Waals surface area contributed by atoms with Crippen LogP contribution >= 0.6 is 0 Å². The molecule has 0 unspecified atom stereocenters. The van der Waals surface area contributed by atoms with Crippen LogP contribution in [0.25, 0.3) is 0 Å². The molecule has 0 atom stereocenters. The molecule has 0 radical (unpaired) electrons. The van der Waals surface area contributed by atoms with Gasteiger partial charge in [-0.05, 0) is 11.1 Å². The molecule has 0 N–H and O–H groups in total. The Bertz CT molecular complexity index is 471. The van der Waals surface area contributed by atoms with Crippen LogP contribution in [0.4, 0.5) is 0 Å². The van der Waals surface area contributed by atoms with Gasteiger partial charge in [-0.2, -0.15) is 0 Å². The van der Waals surface area contributed by atoms with Gasteiger partial charge in [0, 0.05) is 5.41 Å². The maximum atomic E-state index is 5.99. The summed E-state index contributed by atoms with van der Waals surface area (Å²) in [4.78, 5) is 0. The minimum absolute atomic E-state index is 0.0659. The molecule has 0 aliphatic carbocycles. The fourth-order valence-electron chi connectivity index (χ4n) is 2.04. The van der Waals surface area contributed by atoms with E-state index in [-0.39, 0.29) is 11.7 Å². The van der Waals surface area contributed by atoms with E-state index in [1.807, 2.05) is 36.4 Å². The normalized spacial score (nSPS) is 11.8. The van der Waals surface area contributed by atoms with Crippen molar-refractivity contribution in [1.82, 2.24) is 0 Å². The lowest BCUT2D eigenvalue weighted by atomic mass is 9.96. The SMILES string of the molecule is CC(C)(C)C(OCc1ccccc1)OCc1ccccc1. The Kier molecular flexibility index (Phi) is 5.54. The second kappa shape index (κ2) is 7.39. The molecule has 0 aliphatic heterocycles. The summed E-state index contributed by atoms with van der Waals surface area (Å²) in [7, 11) is 0. The Morgan fingerprint density at radius 2 is 1.10 bits per heavy atom. The van der Waals surface area contributed by atoms with Crippen LogP contribution in [0.5, 0.6) is 0 Å². The van der Waals surface area contributed by atoms with Gasteiger partial charge in [-0.15, -0.1) is 0 Å². The molecule has 2 rings (SSSR count). The zero-order valence-electron chi connectivity index (χ0n) is 13.1. The van der Waals surface area contributed by atoms with Crippen LogP contribution in [0, 0.1) is 5.41 Å². The number of hydrogen-bond acceptors (Lipinski definition) is 2. The second-order valence-corrected chi connectivity index (χ2v) is 6.29. The quantitative estimate of drug-likeness (QED) is 0.710. The highest BCUT2D eigenvalue weighted by molar-refractivity contribution is 5.14. The summed E-state index contributed by atoms with van der Waals surface area (Å²) in [6, 6.07) is 20.4. The third-order valence-electron chi connectivity index (χ3n) is 3.20. The number of rotatable bonds is 6. The zero-order valence-corrected chi connectivity index (χ0v) is 13.1. The molecule has 0 bridgehead atoms. The fourth-order valence-corrected chi connectivity index (χ4v) is 2.04. The van der Waals surface area contributed by atoms with Crippen LogP contribution in [-0.2, 0) is 22.7 Å². The second-order valence-electron chi connectivity index (χ2n) is 6.29. The van der Waals surface area contributed by atoms with Crippen molar-refractivity contribution in [1.29, 1.82) is 0 Å². The summed E-state index contributed by atoms with van der Waals surface area (Å²) in [6.07, 6.45) is -0.238. The summed E-state index contributed by atoms with van der Waals surface area (Å²) in [5.41, 5.74) is 2.26. The first-order chi connectivity index (χ1) is 10.1. The monoisotopic (exact) mass is 284 g/mol. The average Bonchev–Trinajstić information content (AvgIpc) is 2.48. The highest BCUT2D eigenvalue weighted by Crippen LogP contribution is 2.25. The third kappa shape index (κ3) is 5.33. The Morgan fingerprint density at radius 3 is 1.43 bits per heavy atom. The van der Waals surface area contributed by atoms with E-state index in [9.17, 15) is 0 Å². The molecule has 0 aliphatic rings. The average molecular weight is 284 g/mol. The van der Waals surface area contributed by atoms with Crippen molar-refractivity contribution in [2.75, 3.05) is 0 Å². The minimum Gasteiger partial charge on any atom is -0.347 e. The van der Waals surface area contributed by atoms with Gasteiger partial charge < -0.3 is 9.47 Å². The van der Waals surface area contributed by atoms with E-state index in [2.05, 4.69) is 45.0 Å². The Balaban J connectivity index is 1.92. The lowest BCUT2D eigenvalue weighted by Crippen LogP contribution is -2.32. The van der Waals surface area contributed by atoms with Gasteiger partial charge in [0.1, 0.15) is 0 Å². The van der Waals surface area contributed by atoms with Crippen molar-refractivity contribution >= 4 is 0 Å². The van der Waals surface area contributed by atoms with E-state index in [1.54, 1.807) is 0 Å². The molecule has 2 aromatic rings. The van der Waals surface area contributed by atoms with Gasteiger partial charge >= 0.3 is 0 Å². The topological polar surface area (TPSA) is 18.5 Å². The molecule has 0 fully saturated rings. The summed E-state index contributed by atoms with van der Waals surface area (Å²) in [5, 5.41) is 0. The predicted molar refractivity (Wildman–Crippen MR) is 85.7 cm³/mol. The van der Waals surface area contributed by atoms with Crippen molar-refractivity contribution < 1.29 is 9.47 Å². The maximum absolute atomic E-state index is 5.99. The predicted octanol–water partition coefficient (Wildman–Crippen LogP) is 4.79. The first-order valence-electron chi connectivity index (χ1n) is 7.37. The van der Waals surface area contributed by atoms with E-state index in [0.717, 1.165) is 11.1 Å². The minimum atomic E-state index is -0.238. The molecule has 2 nitrogen and oxygen atoms in total. The summed E-state index contributed by atoms with van der Waals surface area (Å²) in [5.74, 6) is 0. The molecule has 112 valence electrons. The molecular weight excluding hydrogens is 260 g/mol. The Labute approximate surface area is 127 Å². The van der Waals surface area contributed by atoms with Crippen LogP contribution in [-0.4, -0.2) is 6.29 Å². The van der Waals surface area contributed by atoms with Gasteiger partial charge in [0.25, 0.3) is 0 Å².